The highest BCUT2D eigenvalue weighted by atomic mass is 16.5. The summed E-state index contributed by atoms with van der Waals surface area (Å²) in [5.41, 5.74) is 2.15. The van der Waals surface area contributed by atoms with Crippen molar-refractivity contribution < 1.29 is 14.3 Å². The first kappa shape index (κ1) is 22.1. The molecule has 0 bridgehead atoms. The zero-order chi connectivity index (χ0) is 23.2. The summed E-state index contributed by atoms with van der Waals surface area (Å²) in [6.45, 7) is 0.563. The van der Waals surface area contributed by atoms with Crippen molar-refractivity contribution >= 4 is 16.7 Å². The summed E-state index contributed by atoms with van der Waals surface area (Å²) in [5.74, 6) is 1.09. The summed E-state index contributed by atoms with van der Waals surface area (Å²) in [6.07, 6.45) is 0.273. The number of amides is 1. The number of carbonyl (C=O) groups is 1. The van der Waals surface area contributed by atoms with Gasteiger partial charge in [-0.1, -0.05) is 42.5 Å². The molecule has 4 aromatic rings. The number of fused-ring (bicyclic) bond motifs is 1. The molecule has 7 heteroatoms. The van der Waals surface area contributed by atoms with Crippen molar-refractivity contribution in [1.82, 2.24) is 15.1 Å². The van der Waals surface area contributed by atoms with Gasteiger partial charge in [-0.2, -0.15) is 5.10 Å². The van der Waals surface area contributed by atoms with Gasteiger partial charge in [0.15, 0.2) is 11.5 Å². The van der Waals surface area contributed by atoms with E-state index in [1.54, 1.807) is 26.4 Å². The average molecular weight is 444 g/mol. The third-order valence-corrected chi connectivity index (χ3v) is 5.42. The Hall–Kier alpha value is -4.13. The number of benzene rings is 3. The van der Waals surface area contributed by atoms with Crippen molar-refractivity contribution in [3.63, 3.8) is 0 Å². The maximum absolute atomic E-state index is 12.5. The van der Waals surface area contributed by atoms with Crippen LogP contribution in [0, 0.1) is 0 Å². The highest BCUT2D eigenvalue weighted by Crippen LogP contribution is 2.31. The quantitative estimate of drug-likeness (QED) is 0.451. The van der Waals surface area contributed by atoms with Crippen molar-refractivity contribution in [3.05, 3.63) is 88.7 Å². The predicted molar refractivity (Wildman–Crippen MR) is 128 cm³/mol. The number of methoxy groups -OCH3 is 2. The lowest BCUT2D eigenvalue weighted by atomic mass is 10.0. The topological polar surface area (TPSA) is 82.5 Å². The van der Waals surface area contributed by atoms with E-state index in [0.717, 1.165) is 21.9 Å². The number of hydrogen-bond donors (Lipinski definition) is 1. The molecule has 0 saturated carbocycles. The Bertz CT molecular complexity index is 1340. The van der Waals surface area contributed by atoms with E-state index in [4.69, 9.17) is 9.47 Å². The second kappa shape index (κ2) is 9.99. The molecule has 7 nitrogen and oxygen atoms in total. The third-order valence-electron chi connectivity index (χ3n) is 5.42. The number of aromatic nitrogens is 2. The van der Waals surface area contributed by atoms with Crippen LogP contribution < -0.4 is 20.3 Å². The van der Waals surface area contributed by atoms with Crippen molar-refractivity contribution in [3.8, 4) is 22.8 Å². The Kier molecular flexibility index (Phi) is 6.69. The fourth-order valence-corrected chi connectivity index (χ4v) is 3.74. The van der Waals surface area contributed by atoms with Gasteiger partial charge in [0, 0.05) is 18.2 Å². The summed E-state index contributed by atoms with van der Waals surface area (Å²) in [5, 5.41) is 9.51. The lowest BCUT2D eigenvalue weighted by Crippen LogP contribution is -2.32. The van der Waals surface area contributed by atoms with Crippen LogP contribution in [0.25, 0.3) is 22.0 Å². The molecular weight excluding hydrogens is 418 g/mol. The summed E-state index contributed by atoms with van der Waals surface area (Å²) in [6, 6.07) is 22.5. The molecule has 0 spiro atoms. The fourth-order valence-electron chi connectivity index (χ4n) is 3.74. The Morgan fingerprint density at radius 1 is 0.939 bits per heavy atom. The molecule has 0 aliphatic rings. The van der Waals surface area contributed by atoms with Crippen LogP contribution >= 0.6 is 0 Å². The van der Waals surface area contributed by atoms with E-state index in [1.807, 2.05) is 54.6 Å². The van der Waals surface area contributed by atoms with Crippen LogP contribution in [0.5, 0.6) is 11.5 Å². The van der Waals surface area contributed by atoms with Gasteiger partial charge in [-0.15, -0.1) is 0 Å². The second-order valence-corrected chi connectivity index (χ2v) is 7.51. The number of carbonyl (C=O) groups excluding carboxylic acids is 1. The van der Waals surface area contributed by atoms with Gasteiger partial charge in [-0.05, 0) is 40.6 Å². The van der Waals surface area contributed by atoms with Crippen LogP contribution in [0.4, 0.5) is 0 Å². The first-order chi connectivity index (χ1) is 16.1. The molecule has 0 aliphatic heterocycles. The predicted octanol–water partition coefficient (Wildman–Crippen LogP) is 3.44. The highest BCUT2D eigenvalue weighted by molar-refractivity contribution is 5.90. The zero-order valence-corrected chi connectivity index (χ0v) is 18.6. The van der Waals surface area contributed by atoms with Crippen LogP contribution in [0.15, 0.2) is 77.6 Å². The van der Waals surface area contributed by atoms with E-state index in [2.05, 4.69) is 10.4 Å². The van der Waals surface area contributed by atoms with Gasteiger partial charge in [0.25, 0.3) is 5.56 Å². The van der Waals surface area contributed by atoms with Crippen molar-refractivity contribution in [2.75, 3.05) is 20.8 Å². The standard InChI is InChI=1S/C26H25N3O4/c1-32-23-12-10-20(16-24(23)33-2)22-11-13-26(31)29(28-22)15-14-27-25(30)17-19-8-5-7-18-6-3-4-9-21(18)19/h3-13,16H,14-15,17H2,1-2H3,(H,27,30). The largest absolute Gasteiger partial charge is 0.493 e. The van der Waals surface area contributed by atoms with E-state index in [-0.39, 0.29) is 24.4 Å². The number of ether oxygens (including phenoxy) is 2. The Morgan fingerprint density at radius 2 is 1.73 bits per heavy atom. The van der Waals surface area contributed by atoms with Gasteiger partial charge in [0.1, 0.15) is 0 Å². The number of rotatable bonds is 8. The Morgan fingerprint density at radius 3 is 2.55 bits per heavy atom. The molecule has 1 N–H and O–H groups in total. The Balaban J connectivity index is 1.42. The molecule has 0 saturated heterocycles. The lowest BCUT2D eigenvalue weighted by Gasteiger charge is -2.11. The summed E-state index contributed by atoms with van der Waals surface area (Å²) < 4.78 is 12.0. The molecule has 1 amide bonds. The van der Waals surface area contributed by atoms with Crippen molar-refractivity contribution in [2.24, 2.45) is 0 Å². The van der Waals surface area contributed by atoms with E-state index in [1.165, 1.54) is 10.7 Å². The van der Waals surface area contributed by atoms with E-state index in [0.29, 0.717) is 23.7 Å². The number of nitrogens with one attached hydrogen (secondary N) is 1. The first-order valence-electron chi connectivity index (χ1n) is 10.6. The molecule has 168 valence electrons. The Labute approximate surface area is 191 Å². The van der Waals surface area contributed by atoms with Gasteiger partial charge in [-0.3, -0.25) is 9.59 Å². The highest BCUT2D eigenvalue weighted by Gasteiger charge is 2.10. The van der Waals surface area contributed by atoms with E-state index >= 15 is 0 Å². The third kappa shape index (κ3) is 5.03. The molecule has 0 unspecified atom stereocenters. The molecule has 0 aliphatic carbocycles. The van der Waals surface area contributed by atoms with Gasteiger partial charge < -0.3 is 14.8 Å². The molecular formula is C26H25N3O4. The summed E-state index contributed by atoms with van der Waals surface area (Å²) >= 11 is 0. The zero-order valence-electron chi connectivity index (χ0n) is 18.6. The molecule has 3 aromatic carbocycles. The van der Waals surface area contributed by atoms with Crippen LogP contribution in [-0.4, -0.2) is 36.5 Å². The van der Waals surface area contributed by atoms with Gasteiger partial charge in [-0.25, -0.2) is 4.68 Å². The van der Waals surface area contributed by atoms with Crippen LogP contribution in [0.3, 0.4) is 0 Å². The molecule has 0 atom stereocenters. The molecule has 0 fully saturated rings. The van der Waals surface area contributed by atoms with Crippen LogP contribution in [0.1, 0.15) is 5.56 Å². The van der Waals surface area contributed by atoms with Gasteiger partial charge in [0.2, 0.25) is 5.91 Å². The van der Waals surface area contributed by atoms with Crippen molar-refractivity contribution in [2.45, 2.75) is 13.0 Å². The minimum Gasteiger partial charge on any atom is -0.493 e. The van der Waals surface area contributed by atoms with E-state index in [9.17, 15) is 9.59 Å². The maximum atomic E-state index is 12.5. The monoisotopic (exact) mass is 443 g/mol. The van der Waals surface area contributed by atoms with Crippen molar-refractivity contribution in [1.29, 1.82) is 0 Å². The smallest absolute Gasteiger partial charge is 0.266 e. The number of nitrogens with zero attached hydrogens (tertiary/aromatic N) is 2. The van der Waals surface area contributed by atoms with Crippen LogP contribution in [0.2, 0.25) is 0 Å². The van der Waals surface area contributed by atoms with E-state index < -0.39 is 0 Å². The molecule has 33 heavy (non-hydrogen) atoms. The summed E-state index contributed by atoms with van der Waals surface area (Å²) in [4.78, 5) is 24.8. The van der Waals surface area contributed by atoms with Gasteiger partial charge >= 0.3 is 0 Å². The summed E-state index contributed by atoms with van der Waals surface area (Å²) in [7, 11) is 3.14. The normalized spacial score (nSPS) is 10.7. The van der Waals surface area contributed by atoms with Gasteiger partial charge in [0.05, 0.1) is 32.9 Å². The molecule has 0 radical (unpaired) electrons. The number of hydrogen-bond acceptors (Lipinski definition) is 5. The average Bonchev–Trinajstić information content (AvgIpc) is 2.85. The fraction of sp³-hybridized carbons (Fsp3) is 0.192. The lowest BCUT2D eigenvalue weighted by molar-refractivity contribution is -0.120. The second-order valence-electron chi connectivity index (χ2n) is 7.51. The SMILES string of the molecule is COc1ccc(-c2ccc(=O)n(CCNC(=O)Cc3cccc4ccccc34)n2)cc1OC. The molecule has 4 rings (SSSR count). The molecule has 1 heterocycles. The minimum absolute atomic E-state index is 0.101. The molecule has 1 aromatic heterocycles. The first-order valence-corrected chi connectivity index (χ1v) is 10.6. The van der Waals surface area contributed by atoms with Crippen LogP contribution in [-0.2, 0) is 17.8 Å². The minimum atomic E-state index is -0.234. The maximum Gasteiger partial charge on any atom is 0.266 e.